The Labute approximate surface area is 151 Å². The van der Waals surface area contributed by atoms with Crippen LogP contribution < -0.4 is 20.1 Å². The maximum Gasteiger partial charge on any atom is 0.269 e. The summed E-state index contributed by atoms with van der Waals surface area (Å²) in [6.45, 7) is 2.05. The zero-order valence-corrected chi connectivity index (χ0v) is 14.5. The molecule has 1 unspecified atom stereocenters. The summed E-state index contributed by atoms with van der Waals surface area (Å²) in [7, 11) is 0. The van der Waals surface area contributed by atoms with E-state index in [9.17, 15) is 9.59 Å². The highest BCUT2D eigenvalue weighted by Gasteiger charge is 2.30. The number of hydrogen-bond donors (Lipinski definition) is 2. The van der Waals surface area contributed by atoms with Crippen molar-refractivity contribution < 1.29 is 19.1 Å². The molecular weight excluding hydrogens is 332 g/mol. The second-order valence-electron chi connectivity index (χ2n) is 6.65. The van der Waals surface area contributed by atoms with E-state index in [1.807, 2.05) is 31.2 Å². The van der Waals surface area contributed by atoms with Gasteiger partial charge in [0.25, 0.3) is 5.91 Å². The molecule has 1 fully saturated rings. The first-order valence-electron chi connectivity index (χ1n) is 8.71. The largest absolute Gasteiger partial charge is 0.485 e. The fourth-order valence-electron chi connectivity index (χ4n) is 2.79. The predicted molar refractivity (Wildman–Crippen MR) is 97.5 cm³/mol. The summed E-state index contributed by atoms with van der Waals surface area (Å²) in [5.74, 6) is 1.07. The van der Waals surface area contributed by atoms with Crippen molar-refractivity contribution in [2.45, 2.75) is 25.9 Å². The van der Waals surface area contributed by atoms with Crippen LogP contribution in [-0.4, -0.2) is 24.5 Å². The van der Waals surface area contributed by atoms with Gasteiger partial charge in [-0.05, 0) is 49.6 Å². The molecule has 2 N–H and O–H groups in total. The Morgan fingerprint density at radius 1 is 1.00 bits per heavy atom. The van der Waals surface area contributed by atoms with Gasteiger partial charge < -0.3 is 20.1 Å². The molecule has 1 aliphatic heterocycles. The standard InChI is InChI=1S/C20H20N2O4/c1-12-6-9-14(21-19(23)13-7-8-13)10-15(12)22-20(24)18-11-25-16-4-2-3-5-17(16)26-18/h2-6,9-10,13,18H,7-8,11H2,1H3,(H,21,23)(H,22,24). The van der Waals surface area contributed by atoms with E-state index in [0.717, 1.165) is 18.4 Å². The van der Waals surface area contributed by atoms with E-state index in [-0.39, 0.29) is 24.3 Å². The second-order valence-corrected chi connectivity index (χ2v) is 6.65. The summed E-state index contributed by atoms with van der Waals surface area (Å²) < 4.78 is 11.3. The molecule has 0 aromatic heterocycles. The third-order valence-corrected chi connectivity index (χ3v) is 4.51. The second kappa shape index (κ2) is 6.71. The summed E-state index contributed by atoms with van der Waals surface area (Å²) in [6, 6.07) is 12.7. The molecule has 1 atom stereocenters. The first kappa shape index (κ1) is 16.4. The Balaban J connectivity index is 1.44. The fourth-order valence-corrected chi connectivity index (χ4v) is 2.79. The van der Waals surface area contributed by atoms with Gasteiger partial charge in [0.15, 0.2) is 11.5 Å². The molecule has 2 aromatic carbocycles. The molecule has 2 amide bonds. The van der Waals surface area contributed by atoms with Crippen molar-refractivity contribution in [3.8, 4) is 11.5 Å². The van der Waals surface area contributed by atoms with E-state index in [1.165, 1.54) is 0 Å². The summed E-state index contributed by atoms with van der Waals surface area (Å²) in [4.78, 5) is 24.5. The lowest BCUT2D eigenvalue weighted by atomic mass is 10.1. The lowest BCUT2D eigenvalue weighted by Gasteiger charge is -2.25. The van der Waals surface area contributed by atoms with Crippen molar-refractivity contribution >= 4 is 23.2 Å². The van der Waals surface area contributed by atoms with Crippen molar-refractivity contribution in [2.24, 2.45) is 5.92 Å². The first-order chi connectivity index (χ1) is 12.6. The molecule has 1 heterocycles. The van der Waals surface area contributed by atoms with Crippen molar-refractivity contribution in [3.63, 3.8) is 0 Å². The van der Waals surface area contributed by atoms with Gasteiger partial charge in [-0.2, -0.15) is 0 Å². The van der Waals surface area contributed by atoms with Crippen LogP contribution in [0.1, 0.15) is 18.4 Å². The van der Waals surface area contributed by atoms with Crippen LogP contribution in [0.2, 0.25) is 0 Å². The monoisotopic (exact) mass is 352 g/mol. The van der Waals surface area contributed by atoms with Gasteiger partial charge in [-0.3, -0.25) is 9.59 Å². The Hall–Kier alpha value is -3.02. The Morgan fingerprint density at radius 3 is 2.54 bits per heavy atom. The molecule has 0 radical (unpaired) electrons. The third-order valence-electron chi connectivity index (χ3n) is 4.51. The normalized spacial score (nSPS) is 18.1. The minimum atomic E-state index is -0.728. The van der Waals surface area contributed by atoms with E-state index in [2.05, 4.69) is 10.6 Å². The van der Waals surface area contributed by atoms with Gasteiger partial charge in [0.05, 0.1) is 0 Å². The predicted octanol–water partition coefficient (Wildman–Crippen LogP) is 3.12. The minimum absolute atomic E-state index is 0.0340. The number of fused-ring (bicyclic) bond motifs is 1. The molecular formula is C20H20N2O4. The SMILES string of the molecule is Cc1ccc(NC(=O)C2CC2)cc1NC(=O)C1COc2ccccc2O1. The van der Waals surface area contributed by atoms with Gasteiger partial charge in [-0.1, -0.05) is 18.2 Å². The molecule has 134 valence electrons. The van der Waals surface area contributed by atoms with E-state index in [1.54, 1.807) is 18.2 Å². The van der Waals surface area contributed by atoms with Crippen LogP contribution in [0.4, 0.5) is 11.4 Å². The van der Waals surface area contributed by atoms with Crippen molar-refractivity contribution in [1.82, 2.24) is 0 Å². The highest BCUT2D eigenvalue weighted by Crippen LogP contribution is 2.32. The number of benzene rings is 2. The Bertz CT molecular complexity index is 861. The highest BCUT2D eigenvalue weighted by atomic mass is 16.6. The summed E-state index contributed by atoms with van der Waals surface area (Å²) in [5, 5.41) is 5.77. The van der Waals surface area contributed by atoms with E-state index in [4.69, 9.17) is 9.47 Å². The van der Waals surface area contributed by atoms with Crippen LogP contribution in [0.3, 0.4) is 0 Å². The van der Waals surface area contributed by atoms with Gasteiger partial charge in [-0.15, -0.1) is 0 Å². The van der Waals surface area contributed by atoms with Crippen LogP contribution in [0.15, 0.2) is 42.5 Å². The van der Waals surface area contributed by atoms with Gasteiger partial charge in [-0.25, -0.2) is 0 Å². The highest BCUT2D eigenvalue weighted by molar-refractivity contribution is 5.98. The number of amides is 2. The maximum absolute atomic E-state index is 12.6. The van der Waals surface area contributed by atoms with Gasteiger partial charge >= 0.3 is 0 Å². The maximum atomic E-state index is 12.6. The number of rotatable bonds is 4. The van der Waals surface area contributed by atoms with Crippen LogP contribution in [0.5, 0.6) is 11.5 Å². The number of ether oxygens (including phenoxy) is 2. The number of nitrogens with one attached hydrogen (secondary N) is 2. The quantitative estimate of drug-likeness (QED) is 0.886. The summed E-state index contributed by atoms with van der Waals surface area (Å²) in [5.41, 5.74) is 2.22. The van der Waals surface area contributed by atoms with E-state index >= 15 is 0 Å². The molecule has 0 saturated heterocycles. The van der Waals surface area contributed by atoms with Gasteiger partial charge in [0.2, 0.25) is 12.0 Å². The average Bonchev–Trinajstić information content (AvgIpc) is 3.49. The zero-order chi connectivity index (χ0) is 18.1. The minimum Gasteiger partial charge on any atom is -0.485 e. The number of hydrogen-bond acceptors (Lipinski definition) is 4. The molecule has 1 saturated carbocycles. The number of carbonyl (C=O) groups is 2. The molecule has 26 heavy (non-hydrogen) atoms. The molecule has 1 aliphatic carbocycles. The summed E-state index contributed by atoms with van der Waals surface area (Å²) >= 11 is 0. The van der Waals surface area contributed by atoms with Crippen molar-refractivity contribution in [2.75, 3.05) is 17.2 Å². The molecule has 0 spiro atoms. The van der Waals surface area contributed by atoms with Crippen LogP contribution in [0.25, 0.3) is 0 Å². The lowest BCUT2D eigenvalue weighted by molar-refractivity contribution is -0.125. The molecule has 2 aromatic rings. The van der Waals surface area contributed by atoms with Crippen LogP contribution in [-0.2, 0) is 9.59 Å². The Morgan fingerprint density at radius 2 is 1.77 bits per heavy atom. The lowest BCUT2D eigenvalue weighted by Crippen LogP contribution is -2.40. The first-order valence-corrected chi connectivity index (χ1v) is 8.71. The molecule has 0 bridgehead atoms. The van der Waals surface area contributed by atoms with Crippen LogP contribution >= 0.6 is 0 Å². The van der Waals surface area contributed by atoms with Gasteiger partial charge in [0, 0.05) is 17.3 Å². The van der Waals surface area contributed by atoms with Crippen molar-refractivity contribution in [1.29, 1.82) is 0 Å². The van der Waals surface area contributed by atoms with Gasteiger partial charge in [0.1, 0.15) is 6.61 Å². The topological polar surface area (TPSA) is 76.7 Å². The average molecular weight is 352 g/mol. The van der Waals surface area contributed by atoms with Crippen molar-refractivity contribution in [3.05, 3.63) is 48.0 Å². The van der Waals surface area contributed by atoms with Crippen LogP contribution in [0, 0.1) is 12.8 Å². The summed E-state index contributed by atoms with van der Waals surface area (Å²) in [6.07, 6.45) is 1.16. The number of carbonyl (C=O) groups excluding carboxylic acids is 2. The van der Waals surface area contributed by atoms with E-state index in [0.29, 0.717) is 22.9 Å². The van der Waals surface area contributed by atoms with E-state index < -0.39 is 6.10 Å². The Kier molecular flexibility index (Phi) is 4.24. The number of para-hydroxylation sites is 2. The molecule has 6 nitrogen and oxygen atoms in total. The molecule has 6 heteroatoms. The molecule has 2 aliphatic rings. The number of anilines is 2. The smallest absolute Gasteiger partial charge is 0.269 e. The zero-order valence-electron chi connectivity index (χ0n) is 14.5. The number of aryl methyl sites for hydroxylation is 1. The third kappa shape index (κ3) is 3.49. The fraction of sp³-hybridized carbons (Fsp3) is 0.300. The molecule has 4 rings (SSSR count).